The second kappa shape index (κ2) is 6.23. The van der Waals surface area contributed by atoms with Crippen molar-refractivity contribution in [2.24, 2.45) is 0 Å². The molecule has 2 rings (SSSR count). The van der Waals surface area contributed by atoms with Gasteiger partial charge in [0.2, 0.25) is 0 Å². The van der Waals surface area contributed by atoms with Crippen molar-refractivity contribution in [2.75, 3.05) is 13.2 Å². The summed E-state index contributed by atoms with van der Waals surface area (Å²) < 4.78 is 11.4. The first-order valence-corrected chi connectivity index (χ1v) is 6.59. The summed E-state index contributed by atoms with van der Waals surface area (Å²) in [4.78, 5) is 23.5. The van der Waals surface area contributed by atoms with Gasteiger partial charge in [-0.15, -0.1) is 0 Å². The fourth-order valence-corrected chi connectivity index (χ4v) is 2.10. The van der Waals surface area contributed by atoms with Gasteiger partial charge in [-0.25, -0.2) is 4.79 Å². The molecule has 0 atom stereocenters. The molecule has 0 spiro atoms. The molecule has 5 heteroatoms. The third-order valence-corrected chi connectivity index (χ3v) is 2.90. The zero-order valence-corrected chi connectivity index (χ0v) is 11.6. The van der Waals surface area contributed by atoms with E-state index in [-0.39, 0.29) is 12.4 Å². The highest BCUT2D eigenvalue weighted by atomic mass is 16.5. The normalized spacial score (nSPS) is 10.5. The van der Waals surface area contributed by atoms with E-state index in [1.165, 1.54) is 4.57 Å². The first-order valence-electron chi connectivity index (χ1n) is 6.59. The van der Waals surface area contributed by atoms with E-state index >= 15 is 0 Å². The summed E-state index contributed by atoms with van der Waals surface area (Å²) in [7, 11) is 0. The number of hydrogen-bond acceptors (Lipinski definition) is 4. The van der Waals surface area contributed by atoms with Gasteiger partial charge in [-0.2, -0.15) is 0 Å². The molecule has 20 heavy (non-hydrogen) atoms. The average Bonchev–Trinajstić information content (AvgIpc) is 2.79. The van der Waals surface area contributed by atoms with Gasteiger partial charge >= 0.3 is 12.1 Å². The lowest BCUT2D eigenvalue weighted by Gasteiger charge is -2.03. The summed E-state index contributed by atoms with van der Waals surface area (Å²) in [6.07, 6.45) is 1.33. The predicted octanol–water partition coefficient (Wildman–Crippen LogP) is 2.75. The molecule has 2 aromatic rings. The number of para-hydroxylation sites is 1. The molecule has 1 aromatic heterocycles. The Morgan fingerprint density at radius 3 is 2.50 bits per heavy atom. The van der Waals surface area contributed by atoms with Gasteiger partial charge in [0.05, 0.1) is 25.2 Å². The van der Waals surface area contributed by atoms with Crippen molar-refractivity contribution in [3.05, 3.63) is 36.0 Å². The van der Waals surface area contributed by atoms with E-state index in [9.17, 15) is 9.59 Å². The monoisotopic (exact) mass is 275 g/mol. The summed E-state index contributed by atoms with van der Waals surface area (Å²) in [6.45, 7) is 4.16. The fraction of sp³-hybridized carbons (Fsp3) is 0.333. The highest BCUT2D eigenvalue weighted by Gasteiger charge is 2.16. The molecule has 1 heterocycles. The van der Waals surface area contributed by atoms with Crippen LogP contribution in [0.5, 0.6) is 0 Å². The number of carbonyl (C=O) groups excluding carboxylic acids is 2. The molecule has 0 unspecified atom stereocenters. The van der Waals surface area contributed by atoms with Crippen LogP contribution in [0.4, 0.5) is 4.79 Å². The third kappa shape index (κ3) is 2.82. The third-order valence-electron chi connectivity index (χ3n) is 2.90. The van der Waals surface area contributed by atoms with Crippen LogP contribution in [0.25, 0.3) is 10.9 Å². The Morgan fingerprint density at radius 2 is 1.80 bits per heavy atom. The standard InChI is InChI=1S/C15H17NO4/c1-3-19-14(17)9-11-10-16(15(18)20-4-2)13-8-6-5-7-12(11)13/h5-8,10H,3-4,9H2,1-2H3. The minimum absolute atomic E-state index is 0.140. The molecule has 0 amide bonds. The van der Waals surface area contributed by atoms with Crippen molar-refractivity contribution in [3.8, 4) is 0 Å². The van der Waals surface area contributed by atoms with Crippen molar-refractivity contribution in [1.82, 2.24) is 4.57 Å². The molecule has 0 aliphatic rings. The molecule has 0 fully saturated rings. The lowest BCUT2D eigenvalue weighted by molar-refractivity contribution is -0.142. The molecule has 0 radical (unpaired) electrons. The van der Waals surface area contributed by atoms with Crippen LogP contribution in [0.1, 0.15) is 19.4 Å². The van der Waals surface area contributed by atoms with Crippen LogP contribution in [0, 0.1) is 0 Å². The van der Waals surface area contributed by atoms with E-state index in [4.69, 9.17) is 9.47 Å². The van der Waals surface area contributed by atoms with Crippen molar-refractivity contribution >= 4 is 23.0 Å². The molecule has 5 nitrogen and oxygen atoms in total. The van der Waals surface area contributed by atoms with Crippen molar-refractivity contribution in [2.45, 2.75) is 20.3 Å². The molecule has 0 saturated heterocycles. The van der Waals surface area contributed by atoms with Crippen LogP contribution < -0.4 is 0 Å². The van der Waals surface area contributed by atoms with Gasteiger partial charge in [-0.1, -0.05) is 18.2 Å². The summed E-state index contributed by atoms with van der Waals surface area (Å²) in [5, 5.41) is 0.855. The summed E-state index contributed by atoms with van der Waals surface area (Å²) in [5.74, 6) is -0.306. The Balaban J connectivity index is 2.40. The van der Waals surface area contributed by atoms with Crippen LogP contribution >= 0.6 is 0 Å². The average molecular weight is 275 g/mol. The maximum absolute atomic E-state index is 11.9. The number of benzene rings is 1. The van der Waals surface area contributed by atoms with E-state index in [2.05, 4.69) is 0 Å². The number of ether oxygens (including phenoxy) is 2. The molecule has 1 aromatic carbocycles. The molecule has 0 aliphatic heterocycles. The SMILES string of the molecule is CCOC(=O)Cc1cn(C(=O)OCC)c2ccccc12. The van der Waals surface area contributed by atoms with E-state index < -0.39 is 6.09 Å². The van der Waals surface area contributed by atoms with Gasteiger partial charge in [-0.05, 0) is 25.5 Å². The molecular formula is C15H17NO4. The van der Waals surface area contributed by atoms with Crippen LogP contribution in [-0.4, -0.2) is 29.8 Å². The zero-order chi connectivity index (χ0) is 14.5. The van der Waals surface area contributed by atoms with Crippen LogP contribution in [0.3, 0.4) is 0 Å². The lowest BCUT2D eigenvalue weighted by atomic mass is 10.1. The van der Waals surface area contributed by atoms with Gasteiger partial charge in [0, 0.05) is 11.6 Å². The van der Waals surface area contributed by atoms with Gasteiger partial charge in [-0.3, -0.25) is 9.36 Å². The predicted molar refractivity (Wildman–Crippen MR) is 74.7 cm³/mol. The number of rotatable bonds is 4. The minimum Gasteiger partial charge on any atom is -0.466 e. The lowest BCUT2D eigenvalue weighted by Crippen LogP contribution is -2.12. The molecule has 0 bridgehead atoms. The molecular weight excluding hydrogens is 258 g/mol. The fourth-order valence-electron chi connectivity index (χ4n) is 2.10. The van der Waals surface area contributed by atoms with E-state index in [1.54, 1.807) is 20.0 Å². The van der Waals surface area contributed by atoms with Gasteiger partial charge < -0.3 is 9.47 Å². The Hall–Kier alpha value is -2.30. The minimum atomic E-state index is -0.446. The Labute approximate surface area is 117 Å². The second-order valence-electron chi connectivity index (χ2n) is 4.22. The summed E-state index contributed by atoms with van der Waals surface area (Å²) in [5.41, 5.74) is 1.48. The molecule has 0 N–H and O–H groups in total. The maximum Gasteiger partial charge on any atom is 0.418 e. The van der Waals surface area contributed by atoms with Crippen molar-refractivity contribution in [1.29, 1.82) is 0 Å². The molecule has 0 aliphatic carbocycles. The maximum atomic E-state index is 11.9. The topological polar surface area (TPSA) is 57.5 Å². The zero-order valence-electron chi connectivity index (χ0n) is 11.6. The number of nitrogens with zero attached hydrogens (tertiary/aromatic N) is 1. The Kier molecular flexibility index (Phi) is 4.40. The van der Waals surface area contributed by atoms with Crippen LogP contribution in [0.15, 0.2) is 30.5 Å². The highest BCUT2D eigenvalue weighted by molar-refractivity contribution is 5.93. The number of esters is 1. The second-order valence-corrected chi connectivity index (χ2v) is 4.22. The Morgan fingerprint density at radius 1 is 1.10 bits per heavy atom. The van der Waals surface area contributed by atoms with E-state index in [0.29, 0.717) is 13.2 Å². The van der Waals surface area contributed by atoms with Gasteiger partial charge in [0.15, 0.2) is 0 Å². The number of carbonyl (C=O) groups is 2. The number of fused-ring (bicyclic) bond motifs is 1. The highest BCUT2D eigenvalue weighted by Crippen LogP contribution is 2.22. The van der Waals surface area contributed by atoms with E-state index in [1.807, 2.05) is 24.3 Å². The smallest absolute Gasteiger partial charge is 0.418 e. The number of hydrogen-bond donors (Lipinski definition) is 0. The van der Waals surface area contributed by atoms with E-state index in [0.717, 1.165) is 16.5 Å². The van der Waals surface area contributed by atoms with Gasteiger partial charge in [0.25, 0.3) is 0 Å². The number of aromatic nitrogens is 1. The summed E-state index contributed by atoms with van der Waals surface area (Å²) >= 11 is 0. The summed E-state index contributed by atoms with van der Waals surface area (Å²) in [6, 6.07) is 7.40. The van der Waals surface area contributed by atoms with Crippen LogP contribution in [-0.2, 0) is 20.7 Å². The van der Waals surface area contributed by atoms with Crippen molar-refractivity contribution < 1.29 is 19.1 Å². The quantitative estimate of drug-likeness (QED) is 0.805. The first kappa shape index (κ1) is 14.1. The largest absolute Gasteiger partial charge is 0.466 e. The Bertz CT molecular complexity index is 630. The first-order chi connectivity index (χ1) is 9.67. The molecule has 0 saturated carbocycles. The van der Waals surface area contributed by atoms with Crippen LogP contribution in [0.2, 0.25) is 0 Å². The van der Waals surface area contributed by atoms with Crippen molar-refractivity contribution in [3.63, 3.8) is 0 Å². The molecule has 106 valence electrons. The van der Waals surface area contributed by atoms with Gasteiger partial charge in [0.1, 0.15) is 0 Å².